The normalized spacial score (nSPS) is 9.39. The van der Waals surface area contributed by atoms with Crippen molar-refractivity contribution >= 4 is 47.9 Å². The smallest absolute Gasteiger partial charge is 0.144 e. The first-order valence-electron chi connectivity index (χ1n) is 6.50. The lowest BCUT2D eigenvalue weighted by molar-refractivity contribution is 0.465. The molecular weight excluding hydrogens is 370 g/mol. The third-order valence-electron chi connectivity index (χ3n) is 0.494. The third-order valence-corrected chi connectivity index (χ3v) is 1.48. The van der Waals surface area contributed by atoms with E-state index in [1.807, 2.05) is 27.2 Å². The number of allylic oxidation sites excluding steroid dienone is 1. The second kappa shape index (κ2) is 20.3. The Bertz CT molecular complexity index is 415. The molecule has 0 aliphatic heterocycles. The lowest BCUT2D eigenvalue weighted by atomic mass is 10.4. The van der Waals surface area contributed by atoms with Crippen molar-refractivity contribution < 1.29 is 17.2 Å². The maximum Gasteiger partial charge on any atom is 0.144 e. The van der Waals surface area contributed by atoms with Crippen LogP contribution in [0.15, 0.2) is 12.2 Å². The summed E-state index contributed by atoms with van der Waals surface area (Å²) in [6.07, 6.45) is 13.1. The number of hydrogen-bond donors (Lipinski definition) is 0. The molecule has 0 heterocycles. The van der Waals surface area contributed by atoms with Gasteiger partial charge in [-0.3, -0.25) is 4.21 Å². The van der Waals surface area contributed by atoms with Gasteiger partial charge in [-0.2, -0.15) is 0 Å². The van der Waals surface area contributed by atoms with Crippen molar-refractivity contribution in [1.82, 2.24) is 0 Å². The Hall–Kier alpha value is 0.270. The summed E-state index contributed by atoms with van der Waals surface area (Å²) in [5.41, 5.74) is 1.17. The molecular formula is C15H39O4P2S2+. The second-order valence-electron chi connectivity index (χ2n) is 5.93. The van der Waals surface area contributed by atoms with Gasteiger partial charge in [0.05, 0.1) is 27.2 Å². The van der Waals surface area contributed by atoms with Gasteiger partial charge in [-0.15, -0.1) is 6.58 Å². The van der Waals surface area contributed by atoms with Gasteiger partial charge in [0.15, 0.2) is 0 Å². The summed E-state index contributed by atoms with van der Waals surface area (Å²) < 4.78 is 33.8. The molecule has 8 heteroatoms. The molecule has 23 heavy (non-hydrogen) atoms. The molecule has 0 aliphatic rings. The number of hydrogen-bond acceptors (Lipinski definition) is 4. The van der Waals surface area contributed by atoms with Crippen LogP contribution >= 0.6 is 14.7 Å². The van der Waals surface area contributed by atoms with Gasteiger partial charge in [-0.1, -0.05) is 11.9 Å². The summed E-state index contributed by atoms with van der Waals surface area (Å²) in [6.45, 7) is 15.8. The summed E-state index contributed by atoms with van der Waals surface area (Å²) in [6, 6.07) is 0. The van der Waals surface area contributed by atoms with Gasteiger partial charge in [0.2, 0.25) is 0 Å². The SMILES string of the molecule is C=C(C)C.C=P(C)(C)OC.C=[P+](C)C.CS(C)(=O)=O.CS(C)=O. The Morgan fingerprint density at radius 3 is 1.17 bits per heavy atom. The van der Waals surface area contributed by atoms with Gasteiger partial charge >= 0.3 is 0 Å². The summed E-state index contributed by atoms with van der Waals surface area (Å²) in [7, 11) is -2.60. The lowest BCUT2D eigenvalue weighted by Gasteiger charge is -2.06. The van der Waals surface area contributed by atoms with E-state index in [9.17, 15) is 12.6 Å². The fraction of sp³-hybridized carbons (Fsp3) is 0.733. The highest BCUT2D eigenvalue weighted by molar-refractivity contribution is 7.89. The molecule has 4 nitrogen and oxygen atoms in total. The topological polar surface area (TPSA) is 60.4 Å². The Morgan fingerprint density at radius 1 is 1.13 bits per heavy atom. The molecule has 0 atom stereocenters. The zero-order valence-electron chi connectivity index (χ0n) is 17.0. The number of rotatable bonds is 1. The molecule has 0 N–H and O–H groups in total. The van der Waals surface area contributed by atoms with E-state index in [4.69, 9.17) is 4.52 Å². The standard InChI is InChI=1S/C4H11OP.C4H8.C3H8P.C2H6O2S.C2H6OS/c1-5-6(2,3)4;2*1-4(2)3;1-5(2,3)4;1-4(2)3/h2H2,1,3-4H3;2*1H2,2-3H3;1-2H3;1-2H3/q;;+1;;. The van der Waals surface area contributed by atoms with Crippen molar-refractivity contribution in [2.45, 2.75) is 13.8 Å². The maximum atomic E-state index is 9.63. The van der Waals surface area contributed by atoms with Gasteiger partial charge < -0.3 is 4.52 Å². The molecule has 0 aromatic heterocycles. The Kier molecular flexibility index (Phi) is 30.5. The molecule has 0 amide bonds. The molecule has 0 aromatic carbocycles. The highest BCUT2D eigenvalue weighted by atomic mass is 32.2. The van der Waals surface area contributed by atoms with Gasteiger partial charge in [0, 0.05) is 42.9 Å². The first-order chi connectivity index (χ1) is 9.76. The van der Waals surface area contributed by atoms with E-state index in [2.05, 4.69) is 32.5 Å². The predicted molar refractivity (Wildman–Crippen MR) is 120 cm³/mol. The van der Waals surface area contributed by atoms with Crippen LogP contribution < -0.4 is 0 Å². The fourth-order valence-electron chi connectivity index (χ4n) is 0. The predicted octanol–water partition coefficient (Wildman–Crippen LogP) is 3.65. The van der Waals surface area contributed by atoms with Crippen LogP contribution in [0.2, 0.25) is 0 Å². The van der Waals surface area contributed by atoms with Crippen molar-refractivity contribution in [2.75, 3.05) is 58.8 Å². The summed E-state index contributed by atoms with van der Waals surface area (Å²) in [5.74, 6) is 0. The largest absolute Gasteiger partial charge is 0.366 e. The third kappa shape index (κ3) is 856. The van der Waals surface area contributed by atoms with Gasteiger partial charge in [-0.05, 0) is 34.3 Å². The molecule has 0 unspecified atom stereocenters. The van der Waals surface area contributed by atoms with Crippen LogP contribution in [0.4, 0.5) is 0 Å². The van der Waals surface area contributed by atoms with Crippen LogP contribution in [0, 0.1) is 0 Å². The molecule has 144 valence electrons. The first kappa shape index (κ1) is 34.6. The van der Waals surface area contributed by atoms with Crippen LogP contribution in [0.5, 0.6) is 0 Å². The molecule has 0 saturated heterocycles. The second-order valence-corrected chi connectivity index (χ2v) is 15.4. The average molecular weight is 410 g/mol. The monoisotopic (exact) mass is 409 g/mol. The molecule has 0 aliphatic carbocycles. The zero-order valence-corrected chi connectivity index (χ0v) is 20.4. The maximum absolute atomic E-state index is 9.63. The Balaban J connectivity index is -0.0000000594. The van der Waals surface area contributed by atoms with Crippen molar-refractivity contribution in [3.8, 4) is 0 Å². The van der Waals surface area contributed by atoms with Crippen LogP contribution in [0.3, 0.4) is 0 Å². The molecule has 0 fully saturated rings. The molecule has 0 radical (unpaired) electrons. The van der Waals surface area contributed by atoms with Crippen LogP contribution in [-0.2, 0) is 25.2 Å². The molecule has 0 saturated carbocycles. The van der Waals surface area contributed by atoms with Crippen molar-refractivity contribution in [3.05, 3.63) is 12.2 Å². The molecule has 0 rings (SSSR count). The fourth-order valence-corrected chi connectivity index (χ4v) is 0. The van der Waals surface area contributed by atoms with E-state index < -0.39 is 27.7 Å². The van der Waals surface area contributed by atoms with Gasteiger partial charge in [-0.25, -0.2) is 8.42 Å². The minimum Gasteiger partial charge on any atom is -0.366 e. The van der Waals surface area contributed by atoms with Gasteiger partial charge in [0.1, 0.15) is 9.84 Å². The van der Waals surface area contributed by atoms with E-state index in [0.717, 1.165) is 12.5 Å². The number of sulfone groups is 1. The van der Waals surface area contributed by atoms with Gasteiger partial charge in [0.25, 0.3) is 0 Å². The Labute approximate surface area is 149 Å². The Morgan fingerprint density at radius 2 is 1.17 bits per heavy atom. The minimum atomic E-state index is -2.67. The van der Waals surface area contributed by atoms with E-state index in [0.29, 0.717) is 0 Å². The molecule has 0 bridgehead atoms. The van der Waals surface area contributed by atoms with E-state index >= 15 is 0 Å². The van der Waals surface area contributed by atoms with E-state index in [1.165, 1.54) is 5.57 Å². The van der Waals surface area contributed by atoms with Crippen LogP contribution in [-0.4, -0.2) is 84.0 Å². The summed E-state index contributed by atoms with van der Waals surface area (Å²) in [5, 5.41) is 0. The van der Waals surface area contributed by atoms with Crippen molar-refractivity contribution in [2.24, 2.45) is 0 Å². The zero-order chi connectivity index (χ0) is 20.4. The summed E-state index contributed by atoms with van der Waals surface area (Å²) >= 11 is 0. The lowest BCUT2D eigenvalue weighted by Crippen LogP contribution is -1.86. The van der Waals surface area contributed by atoms with E-state index in [-0.39, 0.29) is 7.55 Å². The van der Waals surface area contributed by atoms with Crippen molar-refractivity contribution in [3.63, 3.8) is 0 Å². The van der Waals surface area contributed by atoms with Crippen LogP contribution in [0.25, 0.3) is 0 Å². The first-order valence-corrected chi connectivity index (χ1v) is 16.0. The molecule has 0 spiro atoms. The van der Waals surface area contributed by atoms with Crippen molar-refractivity contribution in [1.29, 1.82) is 0 Å². The summed E-state index contributed by atoms with van der Waals surface area (Å²) in [4.78, 5) is 0. The highest BCUT2D eigenvalue weighted by Crippen LogP contribution is 2.34. The quantitative estimate of drug-likeness (QED) is 0.490. The highest BCUT2D eigenvalue weighted by Gasteiger charge is 1.89. The molecule has 0 aromatic rings. The minimum absolute atomic E-state index is 0.130. The average Bonchev–Trinajstić information content (AvgIpc) is 2.10. The van der Waals surface area contributed by atoms with E-state index in [1.54, 1.807) is 19.6 Å². The van der Waals surface area contributed by atoms with Crippen LogP contribution in [0.1, 0.15) is 13.8 Å².